The summed E-state index contributed by atoms with van der Waals surface area (Å²) < 4.78 is 51.5. The summed E-state index contributed by atoms with van der Waals surface area (Å²) in [5, 5.41) is 0. The fraction of sp³-hybridized carbons (Fsp3) is 0.364. The van der Waals surface area contributed by atoms with E-state index in [4.69, 9.17) is 9.47 Å². The summed E-state index contributed by atoms with van der Waals surface area (Å²) in [5.41, 5.74) is 1.20. The Morgan fingerprint density at radius 2 is 1.52 bits per heavy atom. The number of benzene rings is 2. The van der Waals surface area contributed by atoms with Crippen LogP contribution in [0.4, 0.5) is 13.2 Å². The van der Waals surface area contributed by atoms with Gasteiger partial charge in [0.25, 0.3) is 0 Å². The van der Waals surface area contributed by atoms with Crippen LogP contribution in [0.15, 0.2) is 36.4 Å². The monoisotopic (exact) mass is 376 g/mol. The number of methoxy groups -OCH3 is 2. The third-order valence-corrected chi connectivity index (χ3v) is 5.26. The Morgan fingerprint density at radius 1 is 0.852 bits per heavy atom. The van der Waals surface area contributed by atoms with E-state index >= 15 is 0 Å². The average molecular weight is 376 g/mol. The van der Waals surface area contributed by atoms with Gasteiger partial charge in [-0.25, -0.2) is 8.78 Å². The summed E-state index contributed by atoms with van der Waals surface area (Å²) in [6.45, 7) is 0. The van der Waals surface area contributed by atoms with Crippen molar-refractivity contribution in [3.05, 3.63) is 65.0 Å². The minimum Gasteiger partial charge on any atom is -0.494 e. The van der Waals surface area contributed by atoms with E-state index in [1.165, 1.54) is 26.4 Å². The van der Waals surface area contributed by atoms with Gasteiger partial charge in [0, 0.05) is 5.56 Å². The van der Waals surface area contributed by atoms with E-state index in [1.54, 1.807) is 18.2 Å². The first-order valence-electron chi connectivity index (χ1n) is 9.07. The van der Waals surface area contributed by atoms with Gasteiger partial charge in [-0.3, -0.25) is 0 Å². The summed E-state index contributed by atoms with van der Waals surface area (Å²) in [5.74, 6) is -1.44. The van der Waals surface area contributed by atoms with Gasteiger partial charge in [0.2, 0.25) is 5.82 Å². The normalized spacial score (nSPS) is 20.0. The Hall–Kier alpha value is -2.43. The molecule has 1 aliphatic carbocycles. The number of hydrogen-bond acceptors (Lipinski definition) is 2. The van der Waals surface area contributed by atoms with E-state index in [1.807, 2.05) is 12.1 Å². The molecular weight excluding hydrogens is 353 g/mol. The van der Waals surface area contributed by atoms with Crippen molar-refractivity contribution in [1.82, 2.24) is 0 Å². The lowest BCUT2D eigenvalue weighted by atomic mass is 9.78. The van der Waals surface area contributed by atoms with Crippen LogP contribution in [0.2, 0.25) is 0 Å². The van der Waals surface area contributed by atoms with Crippen LogP contribution in [0.5, 0.6) is 11.5 Å². The van der Waals surface area contributed by atoms with Crippen LogP contribution in [0.3, 0.4) is 0 Å². The fourth-order valence-electron chi connectivity index (χ4n) is 3.65. The minimum atomic E-state index is -0.968. The Bertz CT molecular complexity index is 825. The molecule has 27 heavy (non-hydrogen) atoms. The lowest BCUT2D eigenvalue weighted by molar-refractivity contribution is 0.369. The first-order valence-corrected chi connectivity index (χ1v) is 9.07. The van der Waals surface area contributed by atoms with Gasteiger partial charge in [0.15, 0.2) is 23.1 Å². The topological polar surface area (TPSA) is 18.5 Å². The van der Waals surface area contributed by atoms with Crippen molar-refractivity contribution in [3.63, 3.8) is 0 Å². The van der Waals surface area contributed by atoms with E-state index in [2.05, 4.69) is 0 Å². The smallest absolute Gasteiger partial charge is 0.201 e. The van der Waals surface area contributed by atoms with Gasteiger partial charge >= 0.3 is 0 Å². The predicted molar refractivity (Wildman–Crippen MR) is 99.6 cm³/mol. The van der Waals surface area contributed by atoms with Gasteiger partial charge in [-0.15, -0.1) is 0 Å². The molecule has 0 aromatic heterocycles. The summed E-state index contributed by atoms with van der Waals surface area (Å²) in [7, 11) is 2.76. The van der Waals surface area contributed by atoms with E-state index in [9.17, 15) is 13.2 Å². The van der Waals surface area contributed by atoms with E-state index in [-0.39, 0.29) is 22.9 Å². The Labute approximate surface area is 157 Å². The molecule has 2 aromatic rings. The molecule has 5 heteroatoms. The van der Waals surface area contributed by atoms with Gasteiger partial charge in [-0.05, 0) is 67.3 Å². The predicted octanol–water partition coefficient (Wildman–Crippen LogP) is 6.11. The third kappa shape index (κ3) is 4.29. The zero-order valence-corrected chi connectivity index (χ0v) is 15.5. The Morgan fingerprint density at radius 3 is 2.15 bits per heavy atom. The van der Waals surface area contributed by atoms with Crippen LogP contribution < -0.4 is 9.47 Å². The lowest BCUT2D eigenvalue weighted by Crippen LogP contribution is -2.12. The molecule has 2 nitrogen and oxygen atoms in total. The van der Waals surface area contributed by atoms with Crippen LogP contribution in [-0.4, -0.2) is 14.2 Å². The molecule has 0 radical (unpaired) electrons. The lowest BCUT2D eigenvalue weighted by Gasteiger charge is -2.27. The van der Waals surface area contributed by atoms with Crippen molar-refractivity contribution < 1.29 is 22.6 Å². The second kappa shape index (κ2) is 8.51. The molecule has 0 N–H and O–H groups in total. The zero-order valence-electron chi connectivity index (χ0n) is 15.5. The summed E-state index contributed by atoms with van der Waals surface area (Å²) in [6, 6.07) is 8.07. The van der Waals surface area contributed by atoms with Crippen LogP contribution in [0, 0.1) is 23.4 Å². The molecule has 0 atom stereocenters. The van der Waals surface area contributed by atoms with Gasteiger partial charge in [-0.2, -0.15) is 4.39 Å². The number of halogens is 3. The maximum absolute atomic E-state index is 14.0. The van der Waals surface area contributed by atoms with Crippen molar-refractivity contribution in [3.8, 4) is 11.5 Å². The van der Waals surface area contributed by atoms with Crippen molar-refractivity contribution in [2.24, 2.45) is 5.92 Å². The van der Waals surface area contributed by atoms with E-state index in [0.29, 0.717) is 11.8 Å². The second-order valence-electron chi connectivity index (χ2n) is 6.85. The van der Waals surface area contributed by atoms with Gasteiger partial charge < -0.3 is 9.47 Å². The first-order chi connectivity index (χ1) is 13.0. The number of rotatable bonds is 5. The van der Waals surface area contributed by atoms with Gasteiger partial charge in [0.05, 0.1) is 14.2 Å². The highest BCUT2D eigenvalue weighted by Gasteiger charge is 2.22. The fourth-order valence-corrected chi connectivity index (χ4v) is 3.65. The number of hydrogen-bond donors (Lipinski definition) is 0. The molecule has 2 aromatic carbocycles. The number of allylic oxidation sites excluding steroid dienone is 1. The highest BCUT2D eigenvalue weighted by Crippen LogP contribution is 2.37. The molecule has 0 bridgehead atoms. The maximum atomic E-state index is 14.0. The SMILES string of the molecule is COc1ccc(C2CCC(/C=C/c3ccc(OC)c(F)c3F)CC2)cc1F. The standard InChI is InChI=1S/C22H23F3O2/c1-26-19-11-10-17(13-18(19)23)15-6-3-14(4-7-15)5-8-16-9-12-20(27-2)22(25)21(16)24/h5,8-15H,3-4,6-7H2,1-2H3/b8-5+. The van der Waals surface area contributed by atoms with Crippen molar-refractivity contribution in [1.29, 1.82) is 0 Å². The zero-order chi connectivity index (χ0) is 19.4. The summed E-state index contributed by atoms with van der Waals surface area (Å²) in [6.07, 6.45) is 7.29. The molecule has 0 amide bonds. The van der Waals surface area contributed by atoms with Gasteiger partial charge in [0.1, 0.15) is 0 Å². The summed E-state index contributed by atoms with van der Waals surface area (Å²) >= 11 is 0. The number of ether oxygens (including phenoxy) is 2. The second-order valence-corrected chi connectivity index (χ2v) is 6.85. The highest BCUT2D eigenvalue weighted by atomic mass is 19.2. The molecule has 0 saturated heterocycles. The third-order valence-electron chi connectivity index (χ3n) is 5.26. The first kappa shape index (κ1) is 19.3. The Kier molecular flexibility index (Phi) is 6.09. The molecule has 1 fully saturated rings. The maximum Gasteiger partial charge on any atom is 0.201 e. The van der Waals surface area contributed by atoms with Crippen LogP contribution >= 0.6 is 0 Å². The van der Waals surface area contributed by atoms with Crippen LogP contribution in [0.25, 0.3) is 6.08 Å². The molecule has 1 aliphatic rings. The molecule has 0 aliphatic heterocycles. The highest BCUT2D eigenvalue weighted by molar-refractivity contribution is 5.52. The van der Waals surface area contributed by atoms with E-state index < -0.39 is 11.6 Å². The van der Waals surface area contributed by atoms with E-state index in [0.717, 1.165) is 31.2 Å². The average Bonchev–Trinajstić information content (AvgIpc) is 2.69. The van der Waals surface area contributed by atoms with Crippen LogP contribution in [0.1, 0.15) is 42.7 Å². The minimum absolute atomic E-state index is 0.100. The summed E-state index contributed by atoms with van der Waals surface area (Å²) in [4.78, 5) is 0. The quantitative estimate of drug-likeness (QED) is 0.627. The van der Waals surface area contributed by atoms with Crippen molar-refractivity contribution in [2.45, 2.75) is 31.6 Å². The molecule has 144 valence electrons. The molecule has 3 rings (SSSR count). The molecule has 1 saturated carbocycles. The Balaban J connectivity index is 1.62. The molecule has 0 spiro atoms. The van der Waals surface area contributed by atoms with Crippen molar-refractivity contribution >= 4 is 6.08 Å². The molecule has 0 unspecified atom stereocenters. The molecule has 0 heterocycles. The molecular formula is C22H23F3O2. The largest absolute Gasteiger partial charge is 0.494 e. The van der Waals surface area contributed by atoms with Gasteiger partial charge in [-0.1, -0.05) is 18.2 Å². The van der Waals surface area contributed by atoms with Crippen molar-refractivity contribution in [2.75, 3.05) is 14.2 Å². The van der Waals surface area contributed by atoms with Crippen LogP contribution in [-0.2, 0) is 0 Å².